The minimum atomic E-state index is -1.05. The number of nitrogens with one attached hydrogen (secondary N) is 5. The number of rotatable bonds is 18. The second kappa shape index (κ2) is 24.4. The zero-order valence-electron chi connectivity index (χ0n) is 38.0. The summed E-state index contributed by atoms with van der Waals surface area (Å²) in [7, 11) is 0. The molecule has 1 aliphatic rings. The number of alkyl carbamates (subject to hydrolysis) is 2. The fraction of sp³-hybridized carbons (Fsp3) is 0.604. The van der Waals surface area contributed by atoms with E-state index in [0.29, 0.717) is 44.8 Å². The predicted octanol–water partition coefficient (Wildman–Crippen LogP) is 7.22. The maximum absolute atomic E-state index is 13.9. The predicted molar refractivity (Wildman–Crippen MR) is 237 cm³/mol. The molecule has 0 aromatic heterocycles. The highest BCUT2D eigenvalue weighted by Gasteiger charge is 2.29. The molecule has 13 nitrogen and oxygen atoms in total. The Hall–Kier alpha value is -5.09. The lowest BCUT2D eigenvalue weighted by Gasteiger charge is -2.27. The Bertz CT molecular complexity index is 1770. The normalized spacial score (nSPS) is 14.3. The van der Waals surface area contributed by atoms with Crippen LogP contribution in [-0.2, 0) is 41.6 Å². The molecule has 5 N–H and O–H groups in total. The number of benzene rings is 2. The van der Waals surface area contributed by atoms with Gasteiger partial charge in [-0.25, -0.2) is 9.59 Å². The van der Waals surface area contributed by atoms with Crippen LogP contribution in [0.5, 0.6) is 0 Å². The van der Waals surface area contributed by atoms with Gasteiger partial charge in [0.2, 0.25) is 17.7 Å². The van der Waals surface area contributed by atoms with E-state index in [2.05, 4.69) is 38.4 Å². The molecular weight excluding hydrogens is 775 g/mol. The van der Waals surface area contributed by atoms with Crippen molar-refractivity contribution in [3.63, 3.8) is 0 Å². The van der Waals surface area contributed by atoms with Gasteiger partial charge in [-0.3, -0.25) is 14.4 Å². The molecule has 3 rings (SSSR count). The van der Waals surface area contributed by atoms with Gasteiger partial charge in [-0.05, 0) is 129 Å². The number of carbonyl (C=O) groups is 5. The summed E-state index contributed by atoms with van der Waals surface area (Å²) in [6.45, 7) is 17.6. The molecule has 2 aromatic carbocycles. The highest BCUT2D eigenvalue weighted by atomic mass is 16.6. The summed E-state index contributed by atoms with van der Waals surface area (Å²) in [4.78, 5) is 64.8. The first-order chi connectivity index (χ1) is 28.6. The van der Waals surface area contributed by atoms with Crippen LogP contribution >= 0.6 is 0 Å². The van der Waals surface area contributed by atoms with Crippen molar-refractivity contribution < 1.29 is 38.2 Å². The molecule has 13 heteroatoms. The Morgan fingerprint density at radius 1 is 0.623 bits per heavy atom. The third-order valence-electron chi connectivity index (χ3n) is 9.59. The summed E-state index contributed by atoms with van der Waals surface area (Å²) in [6.07, 6.45) is 7.42. The molecule has 1 saturated carbocycles. The minimum Gasteiger partial charge on any atom is -0.444 e. The van der Waals surface area contributed by atoms with E-state index in [1.54, 1.807) is 20.8 Å². The van der Waals surface area contributed by atoms with Crippen molar-refractivity contribution in [3.05, 3.63) is 70.8 Å². The van der Waals surface area contributed by atoms with Crippen LogP contribution in [0.4, 0.5) is 9.59 Å². The standard InChI is InChI=1S/C48H71N5O8/c1-46(2,3)59-33-40(43(56)53-39(17-13-14-29-50-44(57)60-47(4,5)6)42(55)49-30-28-34-15-11-10-12-16-34)52-41(54)31-37-24-20-35(21-25-37)18-19-36-22-26-38(27-23-36)32-51-45(58)61-48(7,8)9/h20-27,34,39-40H,10-17,28-33H2,1-9H3,(H,49,55)(H,50,57)(H,51,58)(H,52,54)(H,53,56)/t39-,40-/m0/s1. The van der Waals surface area contributed by atoms with Gasteiger partial charge >= 0.3 is 12.2 Å². The highest BCUT2D eigenvalue weighted by molar-refractivity contribution is 5.92. The molecule has 0 unspecified atom stereocenters. The number of hydrogen-bond donors (Lipinski definition) is 5. The van der Waals surface area contributed by atoms with Gasteiger partial charge in [0.15, 0.2) is 0 Å². The zero-order valence-corrected chi connectivity index (χ0v) is 38.0. The first kappa shape index (κ1) is 50.3. The molecule has 0 heterocycles. The average molecular weight is 846 g/mol. The summed E-state index contributed by atoms with van der Waals surface area (Å²) < 4.78 is 16.6. The molecule has 0 saturated heterocycles. The number of hydrogen-bond acceptors (Lipinski definition) is 8. The van der Waals surface area contributed by atoms with Crippen LogP contribution in [0.15, 0.2) is 48.5 Å². The number of ether oxygens (including phenoxy) is 3. The van der Waals surface area contributed by atoms with Gasteiger partial charge in [-0.15, -0.1) is 0 Å². The molecule has 1 fully saturated rings. The van der Waals surface area contributed by atoms with Crippen LogP contribution in [-0.4, -0.2) is 78.5 Å². The average Bonchev–Trinajstić information content (AvgIpc) is 3.16. The van der Waals surface area contributed by atoms with Crippen molar-refractivity contribution >= 4 is 29.9 Å². The Morgan fingerprint density at radius 3 is 1.74 bits per heavy atom. The number of carbonyl (C=O) groups excluding carboxylic acids is 5. The number of unbranched alkanes of at least 4 members (excludes halogenated alkanes) is 1. The van der Waals surface area contributed by atoms with E-state index in [4.69, 9.17) is 14.2 Å². The van der Waals surface area contributed by atoms with Gasteiger partial charge in [0.05, 0.1) is 18.6 Å². The molecule has 2 aromatic rings. The zero-order chi connectivity index (χ0) is 45.1. The van der Waals surface area contributed by atoms with E-state index in [1.165, 1.54) is 32.1 Å². The van der Waals surface area contributed by atoms with Crippen molar-refractivity contribution in [2.45, 2.75) is 162 Å². The maximum Gasteiger partial charge on any atom is 0.407 e. The molecule has 336 valence electrons. The molecule has 1 aliphatic carbocycles. The fourth-order valence-electron chi connectivity index (χ4n) is 6.51. The lowest BCUT2D eigenvalue weighted by Crippen LogP contribution is -2.56. The van der Waals surface area contributed by atoms with Gasteiger partial charge in [0, 0.05) is 30.8 Å². The van der Waals surface area contributed by atoms with Crippen LogP contribution in [0.2, 0.25) is 0 Å². The fourth-order valence-corrected chi connectivity index (χ4v) is 6.51. The van der Waals surface area contributed by atoms with Crippen molar-refractivity contribution in [2.24, 2.45) is 5.92 Å². The van der Waals surface area contributed by atoms with Gasteiger partial charge in [-0.2, -0.15) is 0 Å². The summed E-state index contributed by atoms with van der Waals surface area (Å²) in [5, 5.41) is 14.3. The highest BCUT2D eigenvalue weighted by Crippen LogP contribution is 2.25. The Labute approximate surface area is 364 Å². The molecule has 0 spiro atoms. The minimum absolute atomic E-state index is 0.0154. The topological polar surface area (TPSA) is 173 Å². The Balaban J connectivity index is 1.61. The summed E-state index contributed by atoms with van der Waals surface area (Å²) in [5.74, 6) is 5.69. The molecule has 0 aliphatic heterocycles. The molecule has 2 atom stereocenters. The van der Waals surface area contributed by atoms with Crippen LogP contribution in [0.3, 0.4) is 0 Å². The van der Waals surface area contributed by atoms with E-state index in [1.807, 2.05) is 90.1 Å². The monoisotopic (exact) mass is 846 g/mol. The van der Waals surface area contributed by atoms with Gasteiger partial charge in [-0.1, -0.05) is 68.2 Å². The van der Waals surface area contributed by atoms with Crippen LogP contribution < -0.4 is 26.6 Å². The molecule has 5 amide bonds. The second-order valence-corrected chi connectivity index (χ2v) is 18.8. The first-order valence-electron chi connectivity index (χ1n) is 21.8. The van der Waals surface area contributed by atoms with Crippen molar-refractivity contribution in [2.75, 3.05) is 19.7 Å². The van der Waals surface area contributed by atoms with Crippen molar-refractivity contribution in [1.29, 1.82) is 0 Å². The largest absolute Gasteiger partial charge is 0.444 e. The van der Waals surface area contributed by atoms with E-state index in [-0.39, 0.29) is 24.8 Å². The smallest absolute Gasteiger partial charge is 0.407 e. The van der Waals surface area contributed by atoms with Crippen LogP contribution in [0, 0.1) is 17.8 Å². The SMILES string of the molecule is CC(C)(C)OC[C@H](NC(=O)Cc1ccc(C#Cc2ccc(CNC(=O)OC(C)(C)C)cc2)cc1)C(=O)N[C@@H](CCCCNC(=O)OC(C)(C)C)C(=O)NCCC1CCCCC1. The number of amides is 5. The van der Waals surface area contributed by atoms with Crippen LogP contribution in [0.25, 0.3) is 0 Å². The van der Waals surface area contributed by atoms with Gasteiger partial charge in [0.25, 0.3) is 0 Å². The molecule has 0 radical (unpaired) electrons. The molecular formula is C48H71N5O8. The molecule has 0 bridgehead atoms. The van der Waals surface area contributed by atoms with Crippen LogP contribution in [0.1, 0.15) is 142 Å². The molecule has 61 heavy (non-hydrogen) atoms. The summed E-state index contributed by atoms with van der Waals surface area (Å²) in [6, 6.07) is 13.0. The maximum atomic E-state index is 13.9. The first-order valence-corrected chi connectivity index (χ1v) is 21.8. The quantitative estimate of drug-likeness (QED) is 0.0773. The van der Waals surface area contributed by atoms with E-state index in [0.717, 1.165) is 28.7 Å². The lowest BCUT2D eigenvalue weighted by atomic mass is 9.87. The summed E-state index contributed by atoms with van der Waals surface area (Å²) in [5.41, 5.74) is 1.45. The Kier molecular flexibility index (Phi) is 20.1. The van der Waals surface area contributed by atoms with Gasteiger partial charge < -0.3 is 40.8 Å². The Morgan fingerprint density at radius 2 is 1.18 bits per heavy atom. The third-order valence-corrected chi connectivity index (χ3v) is 9.59. The second-order valence-electron chi connectivity index (χ2n) is 18.8. The van der Waals surface area contributed by atoms with E-state index >= 15 is 0 Å². The van der Waals surface area contributed by atoms with E-state index in [9.17, 15) is 24.0 Å². The third kappa shape index (κ3) is 22.4. The van der Waals surface area contributed by atoms with Crippen molar-refractivity contribution in [1.82, 2.24) is 26.6 Å². The summed E-state index contributed by atoms with van der Waals surface area (Å²) >= 11 is 0. The van der Waals surface area contributed by atoms with Crippen molar-refractivity contribution in [3.8, 4) is 11.8 Å². The van der Waals surface area contributed by atoms with E-state index < -0.39 is 47.0 Å². The lowest BCUT2D eigenvalue weighted by molar-refractivity contribution is -0.134. The van der Waals surface area contributed by atoms with Gasteiger partial charge in [0.1, 0.15) is 23.3 Å².